The summed E-state index contributed by atoms with van der Waals surface area (Å²) >= 11 is 0. The molecule has 0 aliphatic rings. The third-order valence-corrected chi connectivity index (χ3v) is 3.29. The van der Waals surface area contributed by atoms with Crippen LogP contribution in [0, 0.1) is 0 Å². The lowest BCUT2D eigenvalue weighted by Crippen LogP contribution is -2.03. The number of aliphatic hydroxyl groups is 2. The summed E-state index contributed by atoms with van der Waals surface area (Å²) in [4.78, 5) is 41.1. The Morgan fingerprint density at radius 1 is 0.767 bits per heavy atom. The molecule has 0 aliphatic carbocycles. The Morgan fingerprint density at radius 3 is 1.23 bits per heavy atom. The van der Waals surface area contributed by atoms with E-state index in [1.165, 1.54) is 0 Å². The van der Waals surface area contributed by atoms with E-state index in [1.807, 2.05) is 13.8 Å². The van der Waals surface area contributed by atoms with Crippen LogP contribution in [0.3, 0.4) is 0 Å². The van der Waals surface area contributed by atoms with Gasteiger partial charge in [0.05, 0.1) is 6.10 Å². The number of unbranched alkanes of at least 4 members (excludes halogenated alkanes) is 2. The van der Waals surface area contributed by atoms with Crippen molar-refractivity contribution < 1.29 is 49.8 Å². The summed E-state index contributed by atoms with van der Waals surface area (Å²) in [7, 11) is 0. The van der Waals surface area contributed by atoms with Gasteiger partial charge in [0.25, 0.3) is 0 Å². The van der Waals surface area contributed by atoms with Crippen molar-refractivity contribution in [3.05, 3.63) is 23.3 Å². The molecule has 0 aromatic rings. The number of hydrogen-bond acceptors (Lipinski definition) is 6. The van der Waals surface area contributed by atoms with Crippen LogP contribution in [0.1, 0.15) is 65.7 Å². The predicted molar refractivity (Wildman–Crippen MR) is 109 cm³/mol. The first-order chi connectivity index (χ1) is 13.9. The van der Waals surface area contributed by atoms with Gasteiger partial charge in [-0.1, -0.05) is 26.7 Å². The van der Waals surface area contributed by atoms with E-state index in [4.69, 9.17) is 30.6 Å². The summed E-state index contributed by atoms with van der Waals surface area (Å²) in [6.07, 6.45) is 5.37. The Hall–Kier alpha value is -2.72. The average Bonchev–Trinajstić information content (AvgIpc) is 2.62. The van der Waals surface area contributed by atoms with Crippen LogP contribution in [0.25, 0.3) is 0 Å². The van der Waals surface area contributed by atoms with Gasteiger partial charge < -0.3 is 30.6 Å². The van der Waals surface area contributed by atoms with Crippen LogP contribution in [0.15, 0.2) is 23.3 Å². The minimum atomic E-state index is -1.21. The Balaban J connectivity index is -0.000000386. The number of carboxylic acid groups (broad SMARTS) is 4. The second-order valence-electron chi connectivity index (χ2n) is 6.19. The highest BCUT2D eigenvalue weighted by Gasteiger charge is 2.08. The number of carboxylic acids is 4. The monoisotopic (exact) mass is 434 g/mol. The fourth-order valence-electron chi connectivity index (χ4n) is 1.70. The third-order valence-electron chi connectivity index (χ3n) is 3.29. The molecule has 0 heterocycles. The molecule has 0 fully saturated rings. The second-order valence-corrected chi connectivity index (χ2v) is 6.19. The van der Waals surface area contributed by atoms with Crippen LogP contribution in [0.4, 0.5) is 0 Å². The molecule has 0 radical (unpaired) electrons. The highest BCUT2D eigenvalue weighted by molar-refractivity contribution is 5.95. The molecule has 6 N–H and O–H groups in total. The van der Waals surface area contributed by atoms with Gasteiger partial charge in [-0.05, 0) is 39.0 Å². The molecular formula is C20H34O10. The maximum atomic E-state index is 10.4. The van der Waals surface area contributed by atoms with Gasteiger partial charge in [-0.3, -0.25) is 0 Å². The van der Waals surface area contributed by atoms with E-state index in [-0.39, 0.29) is 23.9 Å². The fourth-order valence-corrected chi connectivity index (χ4v) is 1.70. The summed E-state index contributed by atoms with van der Waals surface area (Å²) in [5, 5.41) is 50.1. The SMILES string of the molecule is CC(O)CCO.CCCCC(=CC(=O)O)C(=O)O.CCCCC(=CC(=O)O)C(=O)O. The molecule has 1 atom stereocenters. The first-order valence-electron chi connectivity index (χ1n) is 9.55. The summed E-state index contributed by atoms with van der Waals surface area (Å²) < 4.78 is 0. The van der Waals surface area contributed by atoms with Gasteiger partial charge in [0.2, 0.25) is 0 Å². The summed E-state index contributed by atoms with van der Waals surface area (Å²) in [5.41, 5.74) is -0.0753. The Labute approximate surface area is 176 Å². The molecule has 0 rings (SSSR count). The molecule has 0 amide bonds. The average molecular weight is 434 g/mol. The van der Waals surface area contributed by atoms with Crippen LogP contribution in [-0.2, 0) is 19.2 Å². The van der Waals surface area contributed by atoms with E-state index in [9.17, 15) is 19.2 Å². The molecule has 0 spiro atoms. The van der Waals surface area contributed by atoms with Crippen LogP contribution in [0.5, 0.6) is 0 Å². The van der Waals surface area contributed by atoms with Crippen LogP contribution >= 0.6 is 0 Å². The van der Waals surface area contributed by atoms with Gasteiger partial charge >= 0.3 is 23.9 Å². The molecule has 0 saturated carbocycles. The van der Waals surface area contributed by atoms with E-state index in [0.717, 1.165) is 25.0 Å². The second kappa shape index (κ2) is 21.0. The lowest BCUT2D eigenvalue weighted by atomic mass is 10.1. The maximum absolute atomic E-state index is 10.4. The van der Waals surface area contributed by atoms with Crippen molar-refractivity contribution in [3.8, 4) is 0 Å². The van der Waals surface area contributed by atoms with E-state index >= 15 is 0 Å². The number of aliphatic hydroxyl groups excluding tert-OH is 2. The topological polar surface area (TPSA) is 190 Å². The summed E-state index contributed by atoms with van der Waals surface area (Å²) in [6, 6.07) is 0. The van der Waals surface area contributed by atoms with Crippen molar-refractivity contribution in [3.63, 3.8) is 0 Å². The fraction of sp³-hybridized carbons (Fsp3) is 0.600. The van der Waals surface area contributed by atoms with Crippen LogP contribution in [0.2, 0.25) is 0 Å². The van der Waals surface area contributed by atoms with Gasteiger partial charge in [-0.25, -0.2) is 19.2 Å². The van der Waals surface area contributed by atoms with Gasteiger partial charge in [-0.15, -0.1) is 0 Å². The van der Waals surface area contributed by atoms with E-state index in [0.29, 0.717) is 32.1 Å². The number of aliphatic carboxylic acids is 4. The summed E-state index contributed by atoms with van der Waals surface area (Å²) in [6.45, 7) is 5.56. The van der Waals surface area contributed by atoms with Gasteiger partial charge in [-0.2, -0.15) is 0 Å². The molecule has 174 valence electrons. The lowest BCUT2D eigenvalue weighted by molar-refractivity contribution is -0.135. The first kappa shape index (κ1) is 32.0. The highest BCUT2D eigenvalue weighted by Crippen LogP contribution is 2.07. The van der Waals surface area contributed by atoms with E-state index in [1.54, 1.807) is 6.92 Å². The molecule has 0 aliphatic heterocycles. The number of rotatable bonds is 12. The minimum Gasteiger partial charge on any atom is -0.478 e. The van der Waals surface area contributed by atoms with Crippen molar-refractivity contribution in [2.45, 2.75) is 71.8 Å². The first-order valence-corrected chi connectivity index (χ1v) is 9.55. The Bertz CT molecular complexity index is 530. The van der Waals surface area contributed by atoms with Crippen molar-refractivity contribution >= 4 is 23.9 Å². The molecule has 30 heavy (non-hydrogen) atoms. The summed E-state index contributed by atoms with van der Waals surface area (Å²) in [5.74, 6) is -4.70. The molecule has 0 bridgehead atoms. The molecular weight excluding hydrogens is 400 g/mol. The van der Waals surface area contributed by atoms with Crippen molar-refractivity contribution in [1.29, 1.82) is 0 Å². The van der Waals surface area contributed by atoms with Crippen molar-refractivity contribution in [1.82, 2.24) is 0 Å². The lowest BCUT2D eigenvalue weighted by Gasteiger charge is -1.97. The van der Waals surface area contributed by atoms with Gasteiger partial charge in [0, 0.05) is 29.9 Å². The highest BCUT2D eigenvalue weighted by atomic mass is 16.4. The zero-order chi connectivity index (χ0) is 24.1. The predicted octanol–water partition coefficient (Wildman–Crippen LogP) is 2.29. The standard InChI is InChI=1S/2C8H12O4.C4H10O2/c2*1-2-3-4-6(8(11)12)5-7(9)10;1-4(6)2-3-5/h2*5H,2-4H2,1H3,(H,9,10)(H,11,12);4-6H,2-3H2,1H3. The smallest absolute Gasteiger partial charge is 0.331 e. The van der Waals surface area contributed by atoms with E-state index < -0.39 is 23.9 Å². The maximum Gasteiger partial charge on any atom is 0.331 e. The van der Waals surface area contributed by atoms with Crippen LogP contribution in [-0.4, -0.2) is 67.2 Å². The molecule has 1 unspecified atom stereocenters. The van der Waals surface area contributed by atoms with Gasteiger partial charge in [0.15, 0.2) is 0 Å². The van der Waals surface area contributed by atoms with Crippen LogP contribution < -0.4 is 0 Å². The normalized spacial score (nSPS) is 11.9. The molecule has 0 saturated heterocycles. The van der Waals surface area contributed by atoms with Crippen molar-refractivity contribution in [2.75, 3.05) is 6.61 Å². The number of hydrogen-bond donors (Lipinski definition) is 6. The molecule has 10 nitrogen and oxygen atoms in total. The molecule has 10 heteroatoms. The Morgan fingerprint density at radius 2 is 1.10 bits per heavy atom. The van der Waals surface area contributed by atoms with Gasteiger partial charge in [0.1, 0.15) is 0 Å². The third kappa shape index (κ3) is 25.3. The zero-order valence-electron chi connectivity index (χ0n) is 17.7. The Kier molecular flexibility index (Phi) is 22.4. The molecule has 0 aromatic heterocycles. The quantitative estimate of drug-likeness (QED) is 0.248. The molecule has 0 aromatic carbocycles. The minimum absolute atomic E-state index is 0.0376. The zero-order valence-corrected chi connectivity index (χ0v) is 17.7. The van der Waals surface area contributed by atoms with E-state index in [2.05, 4.69) is 0 Å². The largest absolute Gasteiger partial charge is 0.478 e. The number of carbonyl (C=O) groups is 4. The van der Waals surface area contributed by atoms with Crippen molar-refractivity contribution in [2.24, 2.45) is 0 Å².